The minimum atomic E-state index is 0. The van der Waals surface area contributed by atoms with Gasteiger partial charge in [0.25, 0.3) is 0 Å². The number of hydrogen-bond donors (Lipinski definition) is 1. The van der Waals surface area contributed by atoms with E-state index < -0.39 is 0 Å². The highest BCUT2D eigenvalue weighted by Gasteiger charge is 2.07. The zero-order valence-electron chi connectivity index (χ0n) is 15.2. The fourth-order valence-electron chi connectivity index (χ4n) is 2.24. The molecule has 0 saturated carbocycles. The average Bonchev–Trinajstić information content (AvgIpc) is 2.60. The third-order valence-corrected chi connectivity index (χ3v) is 3.75. The number of aromatic nitrogens is 1. The van der Waals surface area contributed by atoms with Crippen LogP contribution in [0.15, 0.2) is 36.5 Å². The van der Waals surface area contributed by atoms with Crippen LogP contribution < -0.4 is 14.8 Å². The first kappa shape index (κ1) is 24.8. The van der Waals surface area contributed by atoms with Gasteiger partial charge >= 0.3 is 0 Å². The van der Waals surface area contributed by atoms with Gasteiger partial charge in [-0.15, -0.1) is 24.8 Å². The smallest absolute Gasteiger partial charge is 0.161 e. The molecule has 0 amide bonds. The van der Waals surface area contributed by atoms with Crippen LogP contribution in [-0.4, -0.2) is 18.1 Å². The van der Waals surface area contributed by atoms with E-state index in [0.29, 0.717) is 18.4 Å². The molecule has 26 heavy (non-hydrogen) atoms. The van der Waals surface area contributed by atoms with E-state index in [4.69, 9.17) is 21.1 Å². The Labute approximate surface area is 173 Å². The molecule has 0 unspecified atom stereocenters. The summed E-state index contributed by atoms with van der Waals surface area (Å²) < 4.78 is 11.6. The first-order valence-corrected chi connectivity index (χ1v) is 8.80. The SMILES string of the molecule is CCCCNCc1ccc(OCc2ccc(Cl)nc2)c(OCC)c1.Cl.Cl. The molecule has 1 N–H and O–H groups in total. The number of pyridine rings is 1. The van der Waals surface area contributed by atoms with Crippen molar-refractivity contribution in [3.8, 4) is 11.5 Å². The summed E-state index contributed by atoms with van der Waals surface area (Å²) in [6.07, 6.45) is 4.10. The van der Waals surface area contributed by atoms with Crippen LogP contribution >= 0.6 is 36.4 Å². The van der Waals surface area contributed by atoms with Crippen LogP contribution in [-0.2, 0) is 13.2 Å². The number of unbranched alkanes of at least 4 members (excludes halogenated alkanes) is 1. The highest BCUT2D eigenvalue weighted by molar-refractivity contribution is 6.29. The van der Waals surface area contributed by atoms with E-state index in [-0.39, 0.29) is 24.8 Å². The van der Waals surface area contributed by atoms with Crippen LogP contribution in [0.3, 0.4) is 0 Å². The van der Waals surface area contributed by atoms with Crippen molar-refractivity contribution >= 4 is 36.4 Å². The van der Waals surface area contributed by atoms with Crippen LogP contribution in [0.4, 0.5) is 0 Å². The van der Waals surface area contributed by atoms with Gasteiger partial charge in [-0.2, -0.15) is 0 Å². The summed E-state index contributed by atoms with van der Waals surface area (Å²) in [4.78, 5) is 4.06. The van der Waals surface area contributed by atoms with Gasteiger partial charge in [-0.05, 0) is 43.7 Å². The summed E-state index contributed by atoms with van der Waals surface area (Å²) in [6, 6.07) is 9.73. The second-order valence-corrected chi connectivity index (χ2v) is 5.91. The summed E-state index contributed by atoms with van der Waals surface area (Å²) in [6.45, 7) is 7.06. The fraction of sp³-hybridized carbons (Fsp3) is 0.421. The van der Waals surface area contributed by atoms with Crippen molar-refractivity contribution in [1.29, 1.82) is 0 Å². The zero-order chi connectivity index (χ0) is 17.2. The van der Waals surface area contributed by atoms with E-state index in [1.165, 1.54) is 18.4 Å². The van der Waals surface area contributed by atoms with E-state index in [9.17, 15) is 0 Å². The van der Waals surface area contributed by atoms with Gasteiger partial charge in [-0.3, -0.25) is 0 Å². The Morgan fingerprint density at radius 1 is 1.00 bits per heavy atom. The molecule has 2 aromatic rings. The third-order valence-electron chi connectivity index (χ3n) is 3.53. The number of halogens is 3. The molecule has 1 aromatic carbocycles. The van der Waals surface area contributed by atoms with E-state index in [2.05, 4.69) is 23.3 Å². The predicted octanol–water partition coefficient (Wildman–Crippen LogP) is 5.45. The Morgan fingerprint density at radius 3 is 2.42 bits per heavy atom. The van der Waals surface area contributed by atoms with E-state index in [1.807, 2.05) is 25.1 Å². The van der Waals surface area contributed by atoms with E-state index in [0.717, 1.165) is 30.2 Å². The minimum absolute atomic E-state index is 0. The van der Waals surface area contributed by atoms with Crippen LogP contribution in [0.25, 0.3) is 0 Å². The number of nitrogens with zero attached hydrogens (tertiary/aromatic N) is 1. The van der Waals surface area contributed by atoms with Crippen molar-refractivity contribution in [2.24, 2.45) is 0 Å². The molecule has 0 bridgehead atoms. The van der Waals surface area contributed by atoms with Gasteiger partial charge < -0.3 is 14.8 Å². The largest absolute Gasteiger partial charge is 0.490 e. The van der Waals surface area contributed by atoms with Crippen LogP contribution in [0.2, 0.25) is 5.15 Å². The van der Waals surface area contributed by atoms with Gasteiger partial charge in [0.05, 0.1) is 6.61 Å². The Hall–Kier alpha value is -1.20. The quantitative estimate of drug-likeness (QED) is 0.409. The number of hydrogen-bond acceptors (Lipinski definition) is 4. The summed E-state index contributed by atoms with van der Waals surface area (Å²) in [5.74, 6) is 1.51. The molecule has 0 fully saturated rings. The Morgan fingerprint density at radius 2 is 1.77 bits per heavy atom. The maximum absolute atomic E-state index is 5.89. The third kappa shape index (κ3) is 8.45. The van der Waals surface area contributed by atoms with Gasteiger partial charge in [-0.1, -0.05) is 37.1 Å². The minimum Gasteiger partial charge on any atom is -0.490 e. The molecule has 0 aliphatic carbocycles. The molecule has 0 saturated heterocycles. The molecule has 7 heteroatoms. The van der Waals surface area contributed by atoms with E-state index >= 15 is 0 Å². The normalized spacial score (nSPS) is 9.81. The topological polar surface area (TPSA) is 43.4 Å². The van der Waals surface area contributed by atoms with Gasteiger partial charge in [0.15, 0.2) is 11.5 Å². The first-order chi connectivity index (χ1) is 11.7. The number of nitrogens with one attached hydrogen (secondary N) is 1. The Bertz CT molecular complexity index is 625. The Kier molecular flexibility index (Phi) is 13.3. The molecular weight excluding hydrogens is 395 g/mol. The van der Waals surface area contributed by atoms with Crippen LogP contribution in [0.5, 0.6) is 11.5 Å². The lowest BCUT2D eigenvalue weighted by atomic mass is 10.2. The van der Waals surface area contributed by atoms with Gasteiger partial charge in [0, 0.05) is 18.3 Å². The van der Waals surface area contributed by atoms with Crippen molar-refractivity contribution in [2.75, 3.05) is 13.2 Å². The van der Waals surface area contributed by atoms with Crippen molar-refractivity contribution < 1.29 is 9.47 Å². The van der Waals surface area contributed by atoms with Gasteiger partial charge in [0.1, 0.15) is 11.8 Å². The molecule has 0 aliphatic rings. The number of ether oxygens (including phenoxy) is 2. The molecule has 0 atom stereocenters. The molecule has 0 spiro atoms. The van der Waals surface area contributed by atoms with Gasteiger partial charge in [0.2, 0.25) is 0 Å². The van der Waals surface area contributed by atoms with Crippen LogP contribution in [0, 0.1) is 0 Å². The molecule has 2 rings (SSSR count). The lowest BCUT2D eigenvalue weighted by Gasteiger charge is -2.14. The molecule has 0 aliphatic heterocycles. The molecule has 4 nitrogen and oxygen atoms in total. The first-order valence-electron chi connectivity index (χ1n) is 8.42. The molecular formula is C19H27Cl3N2O2. The molecule has 146 valence electrons. The second-order valence-electron chi connectivity index (χ2n) is 5.52. The highest BCUT2D eigenvalue weighted by Crippen LogP contribution is 2.29. The lowest BCUT2D eigenvalue weighted by Crippen LogP contribution is -2.14. The second kappa shape index (κ2) is 13.9. The summed E-state index contributed by atoms with van der Waals surface area (Å²) >= 11 is 5.80. The predicted molar refractivity (Wildman–Crippen MR) is 112 cm³/mol. The van der Waals surface area contributed by atoms with Gasteiger partial charge in [-0.25, -0.2) is 4.98 Å². The number of rotatable bonds is 10. The standard InChI is InChI=1S/C19H25ClN2O2.2ClH/c1-3-5-10-21-12-15-6-8-17(18(11-15)23-4-2)24-14-16-7-9-19(20)22-13-16;;/h6-9,11,13,21H,3-5,10,12,14H2,1-2H3;2*1H. The lowest BCUT2D eigenvalue weighted by molar-refractivity contribution is 0.269. The number of benzene rings is 1. The van der Waals surface area contributed by atoms with Crippen molar-refractivity contribution in [3.05, 3.63) is 52.8 Å². The van der Waals surface area contributed by atoms with Crippen molar-refractivity contribution in [2.45, 2.75) is 39.8 Å². The van der Waals surface area contributed by atoms with Crippen molar-refractivity contribution in [3.63, 3.8) is 0 Å². The fourth-order valence-corrected chi connectivity index (χ4v) is 2.35. The maximum atomic E-state index is 5.89. The zero-order valence-corrected chi connectivity index (χ0v) is 17.6. The van der Waals surface area contributed by atoms with Crippen molar-refractivity contribution in [1.82, 2.24) is 10.3 Å². The summed E-state index contributed by atoms with van der Waals surface area (Å²) in [5, 5.41) is 3.92. The molecule has 1 aromatic heterocycles. The summed E-state index contributed by atoms with van der Waals surface area (Å²) in [7, 11) is 0. The average molecular weight is 422 g/mol. The summed E-state index contributed by atoms with van der Waals surface area (Å²) in [5.41, 5.74) is 2.15. The highest BCUT2D eigenvalue weighted by atomic mass is 35.5. The monoisotopic (exact) mass is 420 g/mol. The Balaban J connectivity index is 0.00000312. The van der Waals surface area contributed by atoms with E-state index in [1.54, 1.807) is 12.3 Å². The maximum Gasteiger partial charge on any atom is 0.161 e. The molecule has 0 radical (unpaired) electrons. The van der Waals surface area contributed by atoms with Crippen LogP contribution in [0.1, 0.15) is 37.8 Å². The molecule has 1 heterocycles.